The number of carbonyl (C=O) groups is 1. The third-order valence-corrected chi connectivity index (χ3v) is 2.58. The van der Waals surface area contributed by atoms with Crippen molar-refractivity contribution >= 4 is 5.78 Å². The van der Waals surface area contributed by atoms with Gasteiger partial charge in [0.05, 0.1) is 0 Å². The Morgan fingerprint density at radius 2 is 1.64 bits per heavy atom. The molecule has 1 rings (SSSR count). The summed E-state index contributed by atoms with van der Waals surface area (Å²) in [6.45, 7) is 1.06. The van der Waals surface area contributed by atoms with Gasteiger partial charge < -0.3 is 0 Å². The molecule has 0 bridgehead atoms. The van der Waals surface area contributed by atoms with Crippen molar-refractivity contribution in [3.05, 3.63) is 0 Å². The molecule has 1 aliphatic rings. The van der Waals surface area contributed by atoms with Crippen LogP contribution < -0.4 is 0 Å². The topological polar surface area (TPSA) is 17.1 Å². The first kappa shape index (κ1) is 11.4. The smallest absolute Gasteiger partial charge is 0.299 e. The minimum atomic E-state index is -5.56. The fraction of sp³-hybridized carbons (Fsp3) is 0.875. The van der Waals surface area contributed by atoms with E-state index in [2.05, 4.69) is 0 Å². The van der Waals surface area contributed by atoms with Gasteiger partial charge in [0.15, 0.2) is 0 Å². The van der Waals surface area contributed by atoms with Crippen molar-refractivity contribution in [2.24, 2.45) is 5.41 Å². The van der Waals surface area contributed by atoms with E-state index in [9.17, 15) is 26.7 Å². The van der Waals surface area contributed by atoms with Crippen LogP contribution in [0.25, 0.3) is 0 Å². The van der Waals surface area contributed by atoms with Gasteiger partial charge in [-0.25, -0.2) is 0 Å². The molecule has 1 saturated carbocycles. The van der Waals surface area contributed by atoms with Crippen molar-refractivity contribution in [3.63, 3.8) is 0 Å². The maximum absolute atomic E-state index is 12.5. The molecule has 0 spiro atoms. The van der Waals surface area contributed by atoms with E-state index in [0.717, 1.165) is 6.92 Å². The average Bonchev–Trinajstić information content (AvgIpc) is 2.65. The molecule has 0 saturated heterocycles. The van der Waals surface area contributed by atoms with E-state index in [-0.39, 0.29) is 12.8 Å². The Hall–Kier alpha value is -0.680. The molecule has 0 amide bonds. The third-order valence-electron chi connectivity index (χ3n) is 2.58. The molecule has 1 aliphatic carbocycles. The molecule has 6 heteroatoms. The molecule has 0 aromatic rings. The highest BCUT2D eigenvalue weighted by atomic mass is 19.4. The number of halogens is 5. The summed E-state index contributed by atoms with van der Waals surface area (Å²) in [5, 5.41) is 0. The van der Waals surface area contributed by atoms with Gasteiger partial charge in [-0.3, -0.25) is 4.79 Å². The Bertz CT molecular complexity index is 251. The monoisotopic (exact) mass is 216 g/mol. The summed E-state index contributed by atoms with van der Waals surface area (Å²) < 4.78 is 60.5. The van der Waals surface area contributed by atoms with E-state index in [1.807, 2.05) is 0 Å². The first-order chi connectivity index (χ1) is 6.11. The van der Waals surface area contributed by atoms with Gasteiger partial charge in [-0.15, -0.1) is 0 Å². The summed E-state index contributed by atoms with van der Waals surface area (Å²) in [7, 11) is 0. The molecular weight excluding hydrogens is 207 g/mol. The van der Waals surface area contributed by atoms with Crippen LogP contribution in [0.5, 0.6) is 0 Å². The zero-order valence-electron chi connectivity index (χ0n) is 7.42. The van der Waals surface area contributed by atoms with Crippen LogP contribution in [0.15, 0.2) is 0 Å². The third kappa shape index (κ3) is 1.88. The summed E-state index contributed by atoms with van der Waals surface area (Å²) in [5.41, 5.74) is -1.42. The zero-order valence-corrected chi connectivity index (χ0v) is 7.42. The maximum atomic E-state index is 12.5. The van der Waals surface area contributed by atoms with Crippen LogP contribution in [0.1, 0.15) is 26.2 Å². The molecule has 1 nitrogen and oxygen atoms in total. The molecule has 0 atom stereocenters. The molecule has 0 heterocycles. The van der Waals surface area contributed by atoms with E-state index >= 15 is 0 Å². The highest BCUT2D eigenvalue weighted by Crippen LogP contribution is 2.56. The first-order valence-corrected chi connectivity index (χ1v) is 4.06. The normalized spacial score (nSPS) is 20.7. The van der Waals surface area contributed by atoms with Gasteiger partial charge in [0, 0.05) is 11.8 Å². The van der Waals surface area contributed by atoms with Gasteiger partial charge in [0.25, 0.3) is 0 Å². The van der Waals surface area contributed by atoms with Crippen molar-refractivity contribution < 1.29 is 26.7 Å². The van der Waals surface area contributed by atoms with E-state index < -0.39 is 29.7 Å². The SMILES string of the molecule is CC(=O)C1(CC(F)(F)C(F)(F)F)CC1. The molecule has 0 aliphatic heterocycles. The summed E-state index contributed by atoms with van der Waals surface area (Å²) >= 11 is 0. The number of hydrogen-bond donors (Lipinski definition) is 0. The molecular formula is C8H9F5O. The molecule has 0 radical (unpaired) electrons. The molecule has 0 N–H and O–H groups in total. The second kappa shape index (κ2) is 2.90. The number of hydrogen-bond acceptors (Lipinski definition) is 1. The number of rotatable bonds is 3. The molecule has 82 valence electrons. The van der Waals surface area contributed by atoms with E-state index in [0.29, 0.717) is 0 Å². The molecule has 14 heavy (non-hydrogen) atoms. The Morgan fingerprint density at radius 3 is 1.86 bits per heavy atom. The second-order valence-corrected chi connectivity index (χ2v) is 3.72. The predicted octanol–water partition coefficient (Wildman–Crippen LogP) is 2.94. The largest absolute Gasteiger partial charge is 0.453 e. The quantitative estimate of drug-likeness (QED) is 0.663. The van der Waals surface area contributed by atoms with E-state index in [4.69, 9.17) is 0 Å². The standard InChI is InChI=1S/C8H9F5O/c1-5(14)6(2-3-6)4-7(9,10)8(11,12)13/h2-4H2,1H3. The fourth-order valence-corrected chi connectivity index (χ4v) is 1.33. The van der Waals surface area contributed by atoms with Crippen LogP contribution in [0.3, 0.4) is 0 Å². The van der Waals surface area contributed by atoms with Crippen molar-refractivity contribution in [1.82, 2.24) is 0 Å². The van der Waals surface area contributed by atoms with Crippen LogP contribution in [-0.2, 0) is 4.79 Å². The van der Waals surface area contributed by atoms with Crippen LogP contribution >= 0.6 is 0 Å². The van der Waals surface area contributed by atoms with Crippen molar-refractivity contribution in [3.8, 4) is 0 Å². The lowest BCUT2D eigenvalue weighted by Gasteiger charge is -2.23. The van der Waals surface area contributed by atoms with E-state index in [1.54, 1.807) is 0 Å². The lowest BCUT2D eigenvalue weighted by molar-refractivity contribution is -0.288. The lowest BCUT2D eigenvalue weighted by Crippen LogP contribution is -2.40. The van der Waals surface area contributed by atoms with Gasteiger partial charge in [0.2, 0.25) is 0 Å². The molecule has 0 unspecified atom stereocenters. The Morgan fingerprint density at radius 1 is 1.21 bits per heavy atom. The number of alkyl halides is 5. The predicted molar refractivity (Wildman–Crippen MR) is 38.0 cm³/mol. The highest BCUT2D eigenvalue weighted by Gasteiger charge is 2.64. The maximum Gasteiger partial charge on any atom is 0.453 e. The minimum absolute atomic E-state index is 0.133. The van der Waals surface area contributed by atoms with Crippen molar-refractivity contribution in [2.45, 2.75) is 38.3 Å². The van der Waals surface area contributed by atoms with Crippen LogP contribution in [0.2, 0.25) is 0 Å². The highest BCUT2D eigenvalue weighted by molar-refractivity contribution is 5.85. The average molecular weight is 216 g/mol. The summed E-state index contributed by atoms with van der Waals surface area (Å²) in [4.78, 5) is 10.8. The number of carbonyl (C=O) groups excluding carboxylic acids is 1. The Labute approximate surface area is 77.3 Å². The minimum Gasteiger partial charge on any atom is -0.299 e. The molecule has 0 aromatic carbocycles. The summed E-state index contributed by atoms with van der Waals surface area (Å²) in [6.07, 6.45) is -6.70. The fourth-order valence-electron chi connectivity index (χ4n) is 1.33. The zero-order chi connectivity index (χ0) is 11.2. The lowest BCUT2D eigenvalue weighted by atomic mass is 9.93. The van der Waals surface area contributed by atoms with Crippen LogP contribution in [-0.4, -0.2) is 17.9 Å². The van der Waals surface area contributed by atoms with Crippen LogP contribution in [0, 0.1) is 5.41 Å². The van der Waals surface area contributed by atoms with Gasteiger partial charge in [-0.1, -0.05) is 0 Å². The molecule has 0 aromatic heterocycles. The Balaban J connectivity index is 2.74. The first-order valence-electron chi connectivity index (χ1n) is 4.06. The Kier molecular flexibility index (Phi) is 2.36. The number of Topliss-reactive ketones (excluding diaryl/α,β-unsaturated/α-hetero) is 1. The summed E-state index contributed by atoms with van der Waals surface area (Å²) in [6, 6.07) is 0. The number of ketones is 1. The van der Waals surface area contributed by atoms with Gasteiger partial charge >= 0.3 is 12.1 Å². The summed E-state index contributed by atoms with van der Waals surface area (Å²) in [5.74, 6) is -5.34. The van der Waals surface area contributed by atoms with Gasteiger partial charge in [-0.05, 0) is 19.8 Å². The molecule has 1 fully saturated rings. The van der Waals surface area contributed by atoms with Gasteiger partial charge in [0.1, 0.15) is 5.78 Å². The second-order valence-electron chi connectivity index (χ2n) is 3.72. The van der Waals surface area contributed by atoms with Crippen molar-refractivity contribution in [2.75, 3.05) is 0 Å². The van der Waals surface area contributed by atoms with Gasteiger partial charge in [-0.2, -0.15) is 22.0 Å². The van der Waals surface area contributed by atoms with E-state index in [1.165, 1.54) is 0 Å². The van der Waals surface area contributed by atoms with Crippen molar-refractivity contribution in [1.29, 1.82) is 0 Å². The van der Waals surface area contributed by atoms with Crippen LogP contribution in [0.4, 0.5) is 22.0 Å².